The molecule has 8 nitrogen and oxygen atoms in total. The Labute approximate surface area is 154 Å². The minimum atomic E-state index is -0.695. The second-order valence-corrected chi connectivity index (χ2v) is 6.46. The highest BCUT2D eigenvalue weighted by Gasteiger charge is 2.28. The molecule has 1 N–H and O–H groups in total. The first-order chi connectivity index (χ1) is 12.4. The summed E-state index contributed by atoms with van der Waals surface area (Å²) in [5.41, 5.74) is 0.342. The summed E-state index contributed by atoms with van der Waals surface area (Å²) in [6.07, 6.45) is 2.76. The third kappa shape index (κ3) is 3.24. The van der Waals surface area contributed by atoms with Gasteiger partial charge < -0.3 is 14.7 Å². The smallest absolute Gasteiger partial charge is 0.314 e. The summed E-state index contributed by atoms with van der Waals surface area (Å²) >= 11 is 6.27. The van der Waals surface area contributed by atoms with Crippen molar-refractivity contribution in [2.75, 3.05) is 24.6 Å². The van der Waals surface area contributed by atoms with Gasteiger partial charge in [-0.25, -0.2) is 0 Å². The van der Waals surface area contributed by atoms with E-state index >= 15 is 0 Å². The summed E-state index contributed by atoms with van der Waals surface area (Å²) in [7, 11) is 0. The number of phenolic OH excluding ortho intramolecular Hbond substituents is 1. The molecule has 0 aliphatic carbocycles. The summed E-state index contributed by atoms with van der Waals surface area (Å²) < 4.78 is 5.08. The summed E-state index contributed by atoms with van der Waals surface area (Å²) in [4.78, 5) is 28.4. The van der Waals surface area contributed by atoms with E-state index in [1.54, 1.807) is 13.0 Å². The number of esters is 1. The summed E-state index contributed by atoms with van der Waals surface area (Å²) in [5.74, 6) is -0.819. The highest BCUT2D eigenvalue weighted by molar-refractivity contribution is 6.37. The Morgan fingerprint density at radius 2 is 2.19 bits per heavy atom. The molecule has 0 saturated carbocycles. The number of phenols is 1. The normalized spacial score (nSPS) is 15.2. The van der Waals surface area contributed by atoms with E-state index in [1.807, 2.05) is 4.90 Å². The van der Waals surface area contributed by atoms with Gasteiger partial charge in [-0.1, -0.05) is 11.6 Å². The highest BCUT2D eigenvalue weighted by atomic mass is 35.5. The third-order valence-electron chi connectivity index (χ3n) is 4.55. The molecule has 0 atom stereocenters. The largest absolute Gasteiger partial charge is 0.501 e. The lowest BCUT2D eigenvalue weighted by atomic mass is 9.96. The lowest BCUT2D eigenvalue weighted by Crippen LogP contribution is -2.37. The maximum Gasteiger partial charge on any atom is 0.314 e. The van der Waals surface area contributed by atoms with Gasteiger partial charge in [-0.2, -0.15) is 0 Å². The fraction of sp³-hybridized carbons (Fsp3) is 0.412. The number of carbonyl (C=O) groups is 1. The quantitative estimate of drug-likeness (QED) is 0.493. The topological polar surface area (TPSA) is 106 Å². The van der Waals surface area contributed by atoms with Gasteiger partial charge in [0.25, 0.3) is 0 Å². The summed E-state index contributed by atoms with van der Waals surface area (Å²) in [6, 6.07) is 2.89. The van der Waals surface area contributed by atoms with Crippen LogP contribution in [0.3, 0.4) is 0 Å². The van der Waals surface area contributed by atoms with Gasteiger partial charge >= 0.3 is 11.7 Å². The molecule has 26 heavy (non-hydrogen) atoms. The second-order valence-electron chi connectivity index (χ2n) is 6.05. The number of aromatic nitrogens is 1. The Balaban J connectivity index is 1.94. The molecular formula is C17H18ClN3O5. The standard InChI is InChI=1S/C17H18ClN3O5/c1-2-26-17(23)10-4-7-20(8-5-10)12-3-6-19-15-14(12)11(18)9-13(16(15)22)21(24)25/h3,6,9-10,22H,2,4-5,7-8H2,1H3. The summed E-state index contributed by atoms with van der Waals surface area (Å²) in [5, 5.41) is 21.9. The number of nitro groups is 1. The molecule has 1 aliphatic heterocycles. The van der Waals surface area contributed by atoms with Crippen molar-refractivity contribution in [2.24, 2.45) is 5.92 Å². The van der Waals surface area contributed by atoms with Crippen molar-refractivity contribution in [1.82, 2.24) is 4.98 Å². The molecule has 0 spiro atoms. The number of rotatable bonds is 4. The van der Waals surface area contributed by atoms with Gasteiger partial charge in [0.05, 0.1) is 22.5 Å². The molecule has 0 bridgehead atoms. The molecular weight excluding hydrogens is 362 g/mol. The maximum atomic E-state index is 11.9. The van der Waals surface area contributed by atoms with E-state index in [-0.39, 0.29) is 22.4 Å². The zero-order chi connectivity index (χ0) is 18.8. The van der Waals surface area contributed by atoms with Crippen LogP contribution in [0.1, 0.15) is 19.8 Å². The van der Waals surface area contributed by atoms with E-state index < -0.39 is 16.4 Å². The number of piperidine rings is 1. The van der Waals surface area contributed by atoms with E-state index in [1.165, 1.54) is 6.20 Å². The number of hydrogen-bond donors (Lipinski definition) is 1. The molecule has 1 aliphatic rings. The van der Waals surface area contributed by atoms with Crippen LogP contribution in [0.5, 0.6) is 5.75 Å². The number of ether oxygens (including phenoxy) is 1. The molecule has 2 aromatic rings. The summed E-state index contributed by atoms with van der Waals surface area (Å²) in [6.45, 7) is 3.36. The SMILES string of the molecule is CCOC(=O)C1CCN(c2ccnc3c(O)c([N+](=O)[O-])cc(Cl)c23)CC1. The van der Waals surface area contributed by atoms with Crippen molar-refractivity contribution in [2.45, 2.75) is 19.8 Å². The van der Waals surface area contributed by atoms with Gasteiger partial charge in [0.15, 0.2) is 0 Å². The van der Waals surface area contributed by atoms with Crippen molar-refractivity contribution in [3.05, 3.63) is 33.5 Å². The molecule has 0 amide bonds. The van der Waals surface area contributed by atoms with Gasteiger partial charge in [-0.15, -0.1) is 0 Å². The predicted molar refractivity (Wildman–Crippen MR) is 96.6 cm³/mol. The number of carbonyl (C=O) groups excluding carboxylic acids is 1. The number of hydrogen-bond acceptors (Lipinski definition) is 7. The molecule has 9 heteroatoms. The number of nitro benzene ring substituents is 1. The van der Waals surface area contributed by atoms with E-state index in [9.17, 15) is 20.0 Å². The third-order valence-corrected chi connectivity index (χ3v) is 4.85. The van der Waals surface area contributed by atoms with E-state index in [0.717, 1.165) is 11.8 Å². The zero-order valence-corrected chi connectivity index (χ0v) is 14.9. The van der Waals surface area contributed by atoms with Gasteiger partial charge in [-0.3, -0.25) is 19.9 Å². The molecule has 138 valence electrons. The molecule has 3 rings (SSSR count). The lowest BCUT2D eigenvalue weighted by Gasteiger charge is -2.33. The van der Waals surface area contributed by atoms with Crippen LogP contribution < -0.4 is 4.90 Å². The first-order valence-corrected chi connectivity index (χ1v) is 8.68. The zero-order valence-electron chi connectivity index (χ0n) is 14.1. The van der Waals surface area contributed by atoms with Gasteiger partial charge in [0, 0.05) is 36.4 Å². The minimum absolute atomic E-state index is 0.0919. The van der Waals surface area contributed by atoms with Crippen molar-refractivity contribution in [1.29, 1.82) is 0 Å². The van der Waals surface area contributed by atoms with Crippen LogP contribution >= 0.6 is 11.6 Å². The van der Waals surface area contributed by atoms with E-state index in [4.69, 9.17) is 16.3 Å². The molecule has 2 heterocycles. The van der Waals surface area contributed by atoms with Crippen LogP contribution in [-0.2, 0) is 9.53 Å². The van der Waals surface area contributed by atoms with Crippen LogP contribution in [0.4, 0.5) is 11.4 Å². The fourth-order valence-corrected chi connectivity index (χ4v) is 3.56. The monoisotopic (exact) mass is 379 g/mol. The van der Waals surface area contributed by atoms with Gasteiger partial charge in [-0.05, 0) is 25.8 Å². The van der Waals surface area contributed by atoms with Gasteiger partial charge in [0.1, 0.15) is 5.52 Å². The van der Waals surface area contributed by atoms with Crippen molar-refractivity contribution in [3.8, 4) is 5.75 Å². The van der Waals surface area contributed by atoms with Crippen molar-refractivity contribution < 1.29 is 19.6 Å². The first kappa shape index (κ1) is 18.2. The highest BCUT2D eigenvalue weighted by Crippen LogP contribution is 2.42. The number of anilines is 1. The Morgan fingerprint density at radius 1 is 1.50 bits per heavy atom. The number of pyridine rings is 1. The molecule has 0 unspecified atom stereocenters. The lowest BCUT2D eigenvalue weighted by molar-refractivity contribution is -0.385. The second kappa shape index (κ2) is 7.33. The van der Waals surface area contributed by atoms with Crippen molar-refractivity contribution >= 4 is 39.8 Å². The van der Waals surface area contributed by atoms with Crippen LogP contribution in [0.15, 0.2) is 18.3 Å². The molecule has 1 fully saturated rings. The van der Waals surface area contributed by atoms with Crippen LogP contribution in [-0.4, -0.2) is 40.7 Å². The van der Waals surface area contributed by atoms with Gasteiger partial charge in [0.2, 0.25) is 5.75 Å². The maximum absolute atomic E-state index is 11.9. The Kier molecular flexibility index (Phi) is 5.13. The van der Waals surface area contributed by atoms with E-state index in [2.05, 4.69) is 4.98 Å². The Morgan fingerprint density at radius 3 is 2.81 bits per heavy atom. The van der Waals surface area contributed by atoms with Crippen LogP contribution in [0.25, 0.3) is 10.9 Å². The average Bonchev–Trinajstić information content (AvgIpc) is 2.64. The Bertz CT molecular complexity index is 865. The Hall–Kier alpha value is -2.61. The van der Waals surface area contributed by atoms with Crippen molar-refractivity contribution in [3.63, 3.8) is 0 Å². The fourth-order valence-electron chi connectivity index (χ4n) is 3.27. The number of halogens is 1. The first-order valence-electron chi connectivity index (χ1n) is 8.30. The molecule has 1 aromatic heterocycles. The number of benzene rings is 1. The molecule has 0 radical (unpaired) electrons. The van der Waals surface area contributed by atoms with Crippen LogP contribution in [0, 0.1) is 16.0 Å². The number of nitrogens with zero attached hydrogens (tertiary/aromatic N) is 3. The predicted octanol–water partition coefficient (Wildman–Crippen LogP) is 3.28. The van der Waals surface area contributed by atoms with Crippen LogP contribution in [0.2, 0.25) is 5.02 Å². The number of aromatic hydroxyl groups is 1. The molecule has 1 saturated heterocycles. The average molecular weight is 380 g/mol. The molecule has 1 aromatic carbocycles. The minimum Gasteiger partial charge on any atom is -0.501 e. The number of fused-ring (bicyclic) bond motifs is 1. The van der Waals surface area contributed by atoms with E-state index in [0.29, 0.717) is 37.9 Å².